The van der Waals surface area contributed by atoms with Crippen molar-refractivity contribution in [3.05, 3.63) is 65.5 Å². The number of alkyl halides is 3. The van der Waals surface area contributed by atoms with Crippen molar-refractivity contribution in [2.45, 2.75) is 18.6 Å². The van der Waals surface area contributed by atoms with E-state index in [2.05, 4.69) is 34.2 Å². The van der Waals surface area contributed by atoms with Crippen molar-refractivity contribution in [1.29, 1.82) is 5.41 Å². The highest BCUT2D eigenvalue weighted by Gasteiger charge is 2.30. The largest absolute Gasteiger partial charge is 0.416 e. The molecule has 1 aliphatic rings. The summed E-state index contributed by atoms with van der Waals surface area (Å²) in [6.07, 6.45) is -0.711. The number of rotatable bonds is 6. The third-order valence-corrected chi connectivity index (χ3v) is 6.36. The van der Waals surface area contributed by atoms with Gasteiger partial charge in [0.05, 0.1) is 17.4 Å². The Balaban J connectivity index is 1.52. The zero-order chi connectivity index (χ0) is 25.3. The van der Waals surface area contributed by atoms with Crippen LogP contribution in [0.2, 0.25) is 0 Å². The molecule has 35 heavy (non-hydrogen) atoms. The molecule has 3 heterocycles. The van der Waals surface area contributed by atoms with Gasteiger partial charge in [-0.15, -0.1) is 0 Å². The minimum atomic E-state index is -4.43. The van der Waals surface area contributed by atoms with Gasteiger partial charge in [0, 0.05) is 43.7 Å². The van der Waals surface area contributed by atoms with Crippen LogP contribution < -0.4 is 10.2 Å². The average Bonchev–Trinajstić information content (AvgIpc) is 3.44. The molecule has 0 radical (unpaired) electrons. The third kappa shape index (κ3) is 5.07. The van der Waals surface area contributed by atoms with E-state index in [1.165, 1.54) is 12.1 Å². The number of likely N-dealkylation sites (N-methyl/N-ethyl adjacent to an activating group) is 1. The first-order valence-corrected chi connectivity index (χ1v) is 11.1. The number of carbonyl (C=O) groups is 1. The maximum absolute atomic E-state index is 13.1. The van der Waals surface area contributed by atoms with Crippen LogP contribution in [0.15, 0.2) is 48.7 Å². The number of nitrogens with one attached hydrogen (secondary N) is 2. The molecule has 2 N–H and O–H groups in total. The van der Waals surface area contributed by atoms with E-state index in [1.807, 2.05) is 6.07 Å². The smallest absolute Gasteiger partial charge is 0.355 e. The Morgan fingerprint density at radius 2 is 1.91 bits per heavy atom. The van der Waals surface area contributed by atoms with Crippen LogP contribution in [0.25, 0.3) is 11.3 Å². The second-order valence-electron chi connectivity index (χ2n) is 8.82. The minimum Gasteiger partial charge on any atom is -0.355 e. The first-order chi connectivity index (χ1) is 16.6. The van der Waals surface area contributed by atoms with E-state index in [0.29, 0.717) is 28.6 Å². The summed E-state index contributed by atoms with van der Waals surface area (Å²) in [7, 11) is 5.77. The Kier molecular flexibility index (Phi) is 6.66. The molecule has 1 aliphatic heterocycles. The second kappa shape index (κ2) is 9.53. The number of carbonyl (C=O) groups excluding carboxylic acids is 1. The molecule has 1 atom stereocenters. The number of amides is 1. The summed E-state index contributed by atoms with van der Waals surface area (Å²) >= 11 is 0. The summed E-state index contributed by atoms with van der Waals surface area (Å²) in [6, 6.07) is 10.5. The van der Waals surface area contributed by atoms with Gasteiger partial charge in [0.1, 0.15) is 11.5 Å². The van der Waals surface area contributed by atoms with E-state index in [4.69, 9.17) is 5.41 Å². The summed E-state index contributed by atoms with van der Waals surface area (Å²) in [6.45, 7) is 1.81. The van der Waals surface area contributed by atoms with E-state index in [-0.39, 0.29) is 5.69 Å². The Morgan fingerprint density at radius 3 is 2.46 bits per heavy atom. The van der Waals surface area contributed by atoms with Crippen molar-refractivity contribution in [3.8, 4) is 11.3 Å². The van der Waals surface area contributed by atoms with Crippen LogP contribution >= 0.6 is 0 Å². The van der Waals surface area contributed by atoms with Gasteiger partial charge in [0.15, 0.2) is 0 Å². The fourth-order valence-electron chi connectivity index (χ4n) is 4.34. The first kappa shape index (κ1) is 24.5. The molecule has 1 saturated heterocycles. The van der Waals surface area contributed by atoms with Crippen LogP contribution in [0.4, 0.5) is 24.7 Å². The lowest BCUT2D eigenvalue weighted by atomic mass is 10.1. The Hall–Kier alpha value is -3.66. The van der Waals surface area contributed by atoms with Gasteiger partial charge < -0.3 is 25.1 Å². The Labute approximate surface area is 201 Å². The highest BCUT2D eigenvalue weighted by molar-refractivity contribution is 6.09. The lowest BCUT2D eigenvalue weighted by Gasteiger charge is -2.21. The Bertz CT molecular complexity index is 1220. The van der Waals surface area contributed by atoms with Crippen molar-refractivity contribution in [3.63, 3.8) is 0 Å². The van der Waals surface area contributed by atoms with Gasteiger partial charge in [-0.05, 0) is 56.4 Å². The summed E-state index contributed by atoms with van der Waals surface area (Å²) in [5.74, 6) is 0.406. The van der Waals surface area contributed by atoms with Crippen molar-refractivity contribution in [2.24, 2.45) is 7.05 Å². The maximum Gasteiger partial charge on any atom is 0.416 e. The van der Waals surface area contributed by atoms with Crippen LogP contribution in [0, 0.1) is 5.41 Å². The van der Waals surface area contributed by atoms with Gasteiger partial charge >= 0.3 is 6.18 Å². The molecule has 1 fully saturated rings. The number of halogens is 3. The Morgan fingerprint density at radius 1 is 1.20 bits per heavy atom. The fourth-order valence-corrected chi connectivity index (χ4v) is 4.34. The number of aromatic nitrogens is 2. The molecule has 10 heteroatoms. The predicted molar refractivity (Wildman–Crippen MR) is 130 cm³/mol. The summed E-state index contributed by atoms with van der Waals surface area (Å²) in [5.41, 5.74) is 1.39. The standard InChI is InChI=1S/C25H27F3N6O/c1-32(2)20-10-11-34(15-20)22-9-8-19(14-30-22)31-24(35)23-17(13-29)12-21(33(23)3)16-4-6-18(7-5-16)25(26,27)28/h4-9,12-14,20,29H,10-11,15H2,1-3H3,(H,31,35)/t20-/m0/s1. The molecule has 0 unspecified atom stereocenters. The van der Waals surface area contributed by atoms with Gasteiger partial charge in [-0.3, -0.25) is 4.79 Å². The third-order valence-electron chi connectivity index (χ3n) is 6.36. The van der Waals surface area contributed by atoms with E-state index >= 15 is 0 Å². The number of pyridine rings is 1. The molecule has 1 aromatic carbocycles. The van der Waals surface area contributed by atoms with E-state index in [9.17, 15) is 18.0 Å². The maximum atomic E-state index is 13.1. The van der Waals surface area contributed by atoms with Crippen LogP contribution in [0.3, 0.4) is 0 Å². The van der Waals surface area contributed by atoms with Crippen LogP contribution in [0.1, 0.15) is 28.0 Å². The monoisotopic (exact) mass is 484 g/mol. The lowest BCUT2D eigenvalue weighted by Crippen LogP contribution is -2.31. The molecule has 0 aliphatic carbocycles. The summed E-state index contributed by atoms with van der Waals surface area (Å²) in [5, 5.41) is 10.5. The van der Waals surface area contributed by atoms with E-state index < -0.39 is 17.6 Å². The zero-order valence-electron chi connectivity index (χ0n) is 19.7. The van der Waals surface area contributed by atoms with E-state index in [1.54, 1.807) is 29.9 Å². The van der Waals surface area contributed by atoms with Gasteiger partial charge in [0.2, 0.25) is 0 Å². The number of benzene rings is 1. The van der Waals surface area contributed by atoms with Crippen molar-refractivity contribution in [2.75, 3.05) is 37.4 Å². The van der Waals surface area contributed by atoms with Crippen molar-refractivity contribution >= 4 is 23.6 Å². The summed E-state index contributed by atoms with van der Waals surface area (Å²) in [4.78, 5) is 22.0. The van der Waals surface area contributed by atoms with E-state index in [0.717, 1.165) is 43.7 Å². The van der Waals surface area contributed by atoms with Crippen LogP contribution in [-0.2, 0) is 13.2 Å². The SMILES string of the molecule is CN(C)[C@H]1CCN(c2ccc(NC(=O)c3c(C=N)cc(-c4ccc(C(F)(F)F)cc4)n3C)cn2)C1. The van der Waals surface area contributed by atoms with Gasteiger partial charge in [0.25, 0.3) is 5.91 Å². The number of anilines is 2. The molecule has 3 aromatic rings. The van der Waals surface area contributed by atoms with Crippen LogP contribution in [-0.4, -0.2) is 59.8 Å². The molecule has 0 saturated carbocycles. The molecule has 4 rings (SSSR count). The molecule has 0 spiro atoms. The summed E-state index contributed by atoms with van der Waals surface area (Å²) < 4.78 is 40.3. The van der Waals surface area contributed by atoms with Crippen molar-refractivity contribution in [1.82, 2.24) is 14.5 Å². The van der Waals surface area contributed by atoms with Crippen molar-refractivity contribution < 1.29 is 18.0 Å². The highest BCUT2D eigenvalue weighted by Crippen LogP contribution is 2.32. The quantitative estimate of drug-likeness (QED) is 0.506. The minimum absolute atomic E-state index is 0.229. The van der Waals surface area contributed by atoms with Gasteiger partial charge in [-0.2, -0.15) is 13.2 Å². The number of hydrogen-bond donors (Lipinski definition) is 2. The lowest BCUT2D eigenvalue weighted by molar-refractivity contribution is -0.137. The molecule has 184 valence electrons. The molecular formula is C25H27F3N6O. The number of hydrogen-bond acceptors (Lipinski definition) is 5. The van der Waals surface area contributed by atoms with Gasteiger partial charge in [-0.1, -0.05) is 12.1 Å². The first-order valence-electron chi connectivity index (χ1n) is 11.1. The number of nitrogens with zero attached hydrogens (tertiary/aromatic N) is 4. The predicted octanol–water partition coefficient (Wildman–Crippen LogP) is 4.50. The molecule has 7 nitrogen and oxygen atoms in total. The molecule has 1 amide bonds. The highest BCUT2D eigenvalue weighted by atomic mass is 19.4. The van der Waals surface area contributed by atoms with Gasteiger partial charge in [-0.25, -0.2) is 4.98 Å². The fraction of sp³-hybridized carbons (Fsp3) is 0.320. The molecular weight excluding hydrogens is 457 g/mol. The molecule has 0 bridgehead atoms. The zero-order valence-corrected chi connectivity index (χ0v) is 19.7. The normalized spacial score (nSPS) is 16.1. The topological polar surface area (TPSA) is 77.2 Å². The average molecular weight is 485 g/mol. The van der Waals surface area contributed by atoms with Crippen LogP contribution in [0.5, 0.6) is 0 Å². The molecule has 2 aromatic heterocycles. The second-order valence-corrected chi connectivity index (χ2v) is 8.82.